The summed E-state index contributed by atoms with van der Waals surface area (Å²) in [6.07, 6.45) is 2.86. The third kappa shape index (κ3) is 6.23. The molecule has 0 amide bonds. The molecule has 2 nitrogen and oxygen atoms in total. The van der Waals surface area contributed by atoms with Crippen molar-refractivity contribution < 1.29 is 0 Å². The Kier molecular flexibility index (Phi) is 7.93. The molecule has 0 radical (unpaired) electrons. The fraction of sp³-hybridized carbons (Fsp3) is 0.909. The standard InChI is InChI=1S/C11H21ClN2/c1-10(4-7-12)6-9-14(3)11(2)5-8-13/h10-11H,4-7,9H2,1-3H3. The van der Waals surface area contributed by atoms with Crippen molar-refractivity contribution in [2.75, 3.05) is 19.5 Å². The predicted molar refractivity (Wildman–Crippen MR) is 61.4 cm³/mol. The van der Waals surface area contributed by atoms with E-state index in [0.29, 0.717) is 18.4 Å². The third-order valence-corrected chi connectivity index (χ3v) is 2.93. The smallest absolute Gasteiger partial charge is 0.0638 e. The van der Waals surface area contributed by atoms with Gasteiger partial charge in [-0.15, -0.1) is 11.6 Å². The first-order valence-electron chi connectivity index (χ1n) is 5.25. The molecule has 0 aliphatic rings. The molecule has 0 aromatic heterocycles. The second-order valence-electron chi connectivity index (χ2n) is 4.06. The molecule has 0 saturated heterocycles. The van der Waals surface area contributed by atoms with Crippen LogP contribution in [0.5, 0.6) is 0 Å². The second-order valence-corrected chi connectivity index (χ2v) is 4.44. The van der Waals surface area contributed by atoms with Crippen molar-refractivity contribution in [3.8, 4) is 6.07 Å². The van der Waals surface area contributed by atoms with E-state index >= 15 is 0 Å². The summed E-state index contributed by atoms with van der Waals surface area (Å²) in [6.45, 7) is 5.38. The largest absolute Gasteiger partial charge is 0.303 e. The van der Waals surface area contributed by atoms with Crippen LogP contribution in [0.15, 0.2) is 0 Å². The van der Waals surface area contributed by atoms with E-state index in [1.54, 1.807) is 0 Å². The van der Waals surface area contributed by atoms with E-state index in [1.165, 1.54) is 6.42 Å². The first kappa shape index (κ1) is 13.7. The summed E-state index contributed by atoms with van der Waals surface area (Å²) in [4.78, 5) is 2.24. The molecular formula is C11H21ClN2. The SMILES string of the molecule is CC(CCCl)CCN(C)C(C)CC#N. The molecule has 3 heteroatoms. The maximum atomic E-state index is 8.55. The summed E-state index contributed by atoms with van der Waals surface area (Å²) in [5.74, 6) is 1.43. The van der Waals surface area contributed by atoms with Gasteiger partial charge in [-0.25, -0.2) is 0 Å². The van der Waals surface area contributed by atoms with Crippen LogP contribution < -0.4 is 0 Å². The topological polar surface area (TPSA) is 27.0 Å². The van der Waals surface area contributed by atoms with E-state index in [0.717, 1.165) is 18.8 Å². The van der Waals surface area contributed by atoms with Gasteiger partial charge in [0.2, 0.25) is 0 Å². The normalized spacial score (nSPS) is 15.1. The summed E-state index contributed by atoms with van der Waals surface area (Å²) in [5.41, 5.74) is 0. The Morgan fingerprint density at radius 1 is 1.36 bits per heavy atom. The van der Waals surface area contributed by atoms with Crippen molar-refractivity contribution in [1.29, 1.82) is 5.26 Å². The molecule has 0 fully saturated rings. The lowest BCUT2D eigenvalue weighted by molar-refractivity contribution is 0.242. The molecule has 0 N–H and O–H groups in total. The fourth-order valence-electron chi connectivity index (χ4n) is 1.26. The van der Waals surface area contributed by atoms with Crippen molar-refractivity contribution >= 4 is 11.6 Å². The van der Waals surface area contributed by atoms with Crippen LogP contribution >= 0.6 is 11.6 Å². The minimum Gasteiger partial charge on any atom is -0.303 e. The van der Waals surface area contributed by atoms with Gasteiger partial charge < -0.3 is 4.90 Å². The number of hydrogen-bond donors (Lipinski definition) is 0. The highest BCUT2D eigenvalue weighted by molar-refractivity contribution is 6.17. The molecular weight excluding hydrogens is 196 g/mol. The van der Waals surface area contributed by atoms with Gasteiger partial charge in [-0.1, -0.05) is 6.92 Å². The first-order chi connectivity index (χ1) is 6.61. The lowest BCUT2D eigenvalue weighted by Crippen LogP contribution is -2.30. The van der Waals surface area contributed by atoms with E-state index < -0.39 is 0 Å². The minimum absolute atomic E-state index is 0.364. The quantitative estimate of drug-likeness (QED) is 0.612. The molecule has 0 aliphatic heterocycles. The number of nitrogens with zero attached hydrogens (tertiary/aromatic N) is 2. The van der Waals surface area contributed by atoms with Gasteiger partial charge in [0.15, 0.2) is 0 Å². The summed E-state index contributed by atoms with van der Waals surface area (Å²) in [6, 6.07) is 2.56. The summed E-state index contributed by atoms with van der Waals surface area (Å²) >= 11 is 5.67. The predicted octanol–water partition coefficient (Wildman–Crippen LogP) is 2.88. The minimum atomic E-state index is 0.364. The third-order valence-electron chi connectivity index (χ3n) is 2.72. The summed E-state index contributed by atoms with van der Waals surface area (Å²) in [5, 5.41) is 8.55. The zero-order chi connectivity index (χ0) is 11.0. The molecule has 0 rings (SSSR count). The van der Waals surface area contributed by atoms with E-state index in [2.05, 4.69) is 31.9 Å². The van der Waals surface area contributed by atoms with Gasteiger partial charge in [-0.3, -0.25) is 0 Å². The molecule has 0 aromatic rings. The maximum absolute atomic E-state index is 8.55. The first-order valence-corrected chi connectivity index (χ1v) is 5.78. The van der Waals surface area contributed by atoms with Crippen LogP contribution in [0, 0.1) is 17.2 Å². The zero-order valence-electron chi connectivity index (χ0n) is 9.46. The average Bonchev–Trinajstić information content (AvgIpc) is 2.15. The van der Waals surface area contributed by atoms with Crippen molar-refractivity contribution in [3.63, 3.8) is 0 Å². The molecule has 0 heterocycles. The van der Waals surface area contributed by atoms with Crippen LogP contribution in [-0.2, 0) is 0 Å². The van der Waals surface area contributed by atoms with E-state index in [4.69, 9.17) is 16.9 Å². The highest BCUT2D eigenvalue weighted by atomic mass is 35.5. The zero-order valence-corrected chi connectivity index (χ0v) is 10.2. The molecule has 0 aliphatic carbocycles. The van der Waals surface area contributed by atoms with Gasteiger partial charge in [-0.2, -0.15) is 5.26 Å². The highest BCUT2D eigenvalue weighted by Gasteiger charge is 2.09. The number of alkyl halides is 1. The van der Waals surface area contributed by atoms with Crippen LogP contribution in [0.1, 0.15) is 33.1 Å². The molecule has 2 unspecified atom stereocenters. The van der Waals surface area contributed by atoms with Crippen LogP contribution in [0.2, 0.25) is 0 Å². The number of rotatable bonds is 7. The Bertz CT molecular complexity index is 177. The van der Waals surface area contributed by atoms with Crippen LogP contribution in [0.3, 0.4) is 0 Å². The average molecular weight is 217 g/mol. The Labute approximate surface area is 92.8 Å². The molecule has 0 spiro atoms. The molecule has 14 heavy (non-hydrogen) atoms. The molecule has 0 aromatic carbocycles. The van der Waals surface area contributed by atoms with E-state index in [-0.39, 0.29) is 0 Å². The molecule has 0 bridgehead atoms. The van der Waals surface area contributed by atoms with Crippen LogP contribution in [-0.4, -0.2) is 30.4 Å². The van der Waals surface area contributed by atoms with Gasteiger partial charge >= 0.3 is 0 Å². The van der Waals surface area contributed by atoms with Gasteiger partial charge in [0.1, 0.15) is 0 Å². The van der Waals surface area contributed by atoms with Gasteiger partial charge in [0, 0.05) is 11.9 Å². The molecule has 0 saturated carbocycles. The van der Waals surface area contributed by atoms with Crippen LogP contribution in [0.25, 0.3) is 0 Å². The molecule has 2 atom stereocenters. The van der Waals surface area contributed by atoms with Gasteiger partial charge in [0.25, 0.3) is 0 Å². The summed E-state index contributed by atoms with van der Waals surface area (Å²) in [7, 11) is 2.08. The Hall–Kier alpha value is -0.260. The Morgan fingerprint density at radius 3 is 2.50 bits per heavy atom. The van der Waals surface area contributed by atoms with Crippen molar-refractivity contribution in [2.24, 2.45) is 5.92 Å². The van der Waals surface area contributed by atoms with E-state index in [9.17, 15) is 0 Å². The van der Waals surface area contributed by atoms with Gasteiger partial charge in [0.05, 0.1) is 12.5 Å². The number of nitriles is 1. The van der Waals surface area contributed by atoms with Crippen molar-refractivity contribution in [3.05, 3.63) is 0 Å². The lowest BCUT2D eigenvalue weighted by atomic mass is 10.0. The summed E-state index contributed by atoms with van der Waals surface area (Å²) < 4.78 is 0. The Balaban J connectivity index is 3.62. The molecule has 82 valence electrons. The van der Waals surface area contributed by atoms with E-state index in [1.807, 2.05) is 0 Å². The monoisotopic (exact) mass is 216 g/mol. The number of hydrogen-bond acceptors (Lipinski definition) is 2. The van der Waals surface area contributed by atoms with Crippen LogP contribution in [0.4, 0.5) is 0 Å². The Morgan fingerprint density at radius 2 is 2.00 bits per heavy atom. The van der Waals surface area contributed by atoms with Gasteiger partial charge in [-0.05, 0) is 39.3 Å². The second kappa shape index (κ2) is 8.08. The fourth-order valence-corrected chi connectivity index (χ4v) is 1.64. The lowest BCUT2D eigenvalue weighted by Gasteiger charge is -2.23. The highest BCUT2D eigenvalue weighted by Crippen LogP contribution is 2.10. The van der Waals surface area contributed by atoms with Crippen molar-refractivity contribution in [1.82, 2.24) is 4.90 Å². The maximum Gasteiger partial charge on any atom is 0.0638 e. The van der Waals surface area contributed by atoms with Crippen molar-refractivity contribution in [2.45, 2.75) is 39.2 Å². The number of halogens is 1.